The third kappa shape index (κ3) is 2.61. The number of furan rings is 1. The first kappa shape index (κ1) is 14.0. The lowest BCUT2D eigenvalue weighted by Gasteiger charge is -2.12. The smallest absolute Gasteiger partial charge is 0.195 e. The molecule has 4 nitrogen and oxygen atoms in total. The van der Waals surface area contributed by atoms with Gasteiger partial charge >= 0.3 is 0 Å². The van der Waals surface area contributed by atoms with Crippen molar-refractivity contribution in [3.63, 3.8) is 0 Å². The monoisotopic (exact) mass is 281 g/mol. The molecule has 0 fully saturated rings. The summed E-state index contributed by atoms with van der Waals surface area (Å²) in [6, 6.07) is 5.84. The van der Waals surface area contributed by atoms with Crippen LogP contribution in [-0.2, 0) is 6.54 Å². The first-order valence-corrected chi connectivity index (χ1v) is 7.08. The van der Waals surface area contributed by atoms with Gasteiger partial charge in [0.2, 0.25) is 0 Å². The Bertz CT molecular complexity index is 691. The predicted octanol–water partition coefficient (Wildman–Crippen LogP) is 2.05. The number of rotatable bonds is 4. The van der Waals surface area contributed by atoms with Crippen LogP contribution in [0.15, 0.2) is 34.4 Å². The van der Waals surface area contributed by atoms with Crippen LogP contribution < -0.4 is 10.8 Å². The molecule has 1 atom stereocenters. The topological polar surface area (TPSA) is 58.3 Å². The van der Waals surface area contributed by atoms with Crippen molar-refractivity contribution < 1.29 is 9.52 Å². The zero-order chi connectivity index (χ0) is 15.0. The van der Waals surface area contributed by atoms with Gasteiger partial charge in [0, 0.05) is 11.4 Å². The van der Waals surface area contributed by atoms with E-state index in [9.17, 15) is 5.11 Å². The standard InChI is InChI=1S/C16H18BN2O2/c1-9-7-13(18-8-12-5-4-6-21-12)15-16(19-9)10(2)14(17-15)11(3)20/h4-7,11,20H,8H2,1-3H3,(H,18,19). The maximum atomic E-state index is 9.88. The Kier molecular flexibility index (Phi) is 3.59. The number of fused-ring (bicyclic) bond motifs is 1. The number of aryl methyl sites for hydroxylation is 1. The van der Waals surface area contributed by atoms with Gasteiger partial charge in [-0.2, -0.15) is 0 Å². The molecule has 21 heavy (non-hydrogen) atoms. The molecule has 3 heterocycles. The quantitative estimate of drug-likeness (QED) is 0.842. The molecule has 1 unspecified atom stereocenters. The fraction of sp³-hybridized carbons (Fsp3) is 0.312. The van der Waals surface area contributed by atoms with Crippen LogP contribution in [0.2, 0.25) is 0 Å². The SMILES string of the molecule is CC1=C(C(C)O)[B]c2c(NCc3ccco3)cc(C)nc21. The summed E-state index contributed by atoms with van der Waals surface area (Å²) in [5, 5.41) is 13.3. The summed E-state index contributed by atoms with van der Waals surface area (Å²) in [5.74, 6) is 0.886. The molecule has 2 N–H and O–H groups in total. The Morgan fingerprint density at radius 1 is 1.43 bits per heavy atom. The van der Waals surface area contributed by atoms with E-state index in [-0.39, 0.29) is 0 Å². The number of hydrogen-bond donors (Lipinski definition) is 2. The van der Waals surface area contributed by atoms with Crippen molar-refractivity contribution in [3.8, 4) is 0 Å². The molecular formula is C16H18BN2O2. The highest BCUT2D eigenvalue weighted by atomic mass is 16.3. The molecule has 0 aromatic carbocycles. The Morgan fingerprint density at radius 2 is 2.24 bits per heavy atom. The number of nitrogens with one attached hydrogen (secondary N) is 1. The molecule has 0 bridgehead atoms. The lowest BCUT2D eigenvalue weighted by Crippen LogP contribution is -2.23. The van der Waals surface area contributed by atoms with Gasteiger partial charge in [0.1, 0.15) is 5.76 Å². The van der Waals surface area contributed by atoms with Gasteiger partial charge in [0.05, 0.1) is 24.6 Å². The summed E-state index contributed by atoms with van der Waals surface area (Å²) in [5.41, 5.74) is 5.95. The van der Waals surface area contributed by atoms with Gasteiger partial charge in [-0.05, 0) is 50.0 Å². The molecule has 0 amide bonds. The molecule has 5 heteroatoms. The molecule has 2 aromatic heterocycles. The van der Waals surface area contributed by atoms with Crippen molar-refractivity contribution in [1.29, 1.82) is 0 Å². The van der Waals surface area contributed by atoms with E-state index >= 15 is 0 Å². The summed E-state index contributed by atoms with van der Waals surface area (Å²) in [6.45, 7) is 6.39. The molecular weight excluding hydrogens is 263 g/mol. The van der Waals surface area contributed by atoms with Gasteiger partial charge in [-0.25, -0.2) is 0 Å². The number of nitrogens with zero attached hydrogens (tertiary/aromatic N) is 1. The van der Waals surface area contributed by atoms with Gasteiger partial charge in [-0.3, -0.25) is 4.98 Å². The van der Waals surface area contributed by atoms with Crippen LogP contribution in [0.1, 0.15) is 31.0 Å². The molecule has 3 rings (SSSR count). The number of aromatic nitrogens is 1. The molecule has 2 aromatic rings. The van der Waals surface area contributed by atoms with Crippen LogP contribution in [-0.4, -0.2) is 23.5 Å². The van der Waals surface area contributed by atoms with Gasteiger partial charge < -0.3 is 14.8 Å². The highest BCUT2D eigenvalue weighted by Crippen LogP contribution is 2.26. The predicted molar refractivity (Wildman–Crippen MR) is 84.7 cm³/mol. The molecule has 0 spiro atoms. The van der Waals surface area contributed by atoms with Crippen molar-refractivity contribution in [1.82, 2.24) is 4.98 Å². The van der Waals surface area contributed by atoms with Crippen LogP contribution in [0.3, 0.4) is 0 Å². The van der Waals surface area contributed by atoms with E-state index in [4.69, 9.17) is 4.42 Å². The fourth-order valence-electron chi connectivity index (χ4n) is 2.69. The molecule has 0 saturated carbocycles. The van der Waals surface area contributed by atoms with Gasteiger partial charge in [-0.15, -0.1) is 0 Å². The maximum absolute atomic E-state index is 9.88. The van der Waals surface area contributed by atoms with E-state index in [1.165, 1.54) is 0 Å². The third-order valence-corrected chi connectivity index (χ3v) is 3.76. The van der Waals surface area contributed by atoms with Crippen molar-refractivity contribution in [2.75, 3.05) is 5.32 Å². The molecule has 1 aliphatic rings. The first-order valence-electron chi connectivity index (χ1n) is 7.08. The van der Waals surface area contributed by atoms with Gasteiger partial charge in [0.25, 0.3) is 0 Å². The van der Waals surface area contributed by atoms with E-state index in [0.717, 1.165) is 39.3 Å². The fourth-order valence-corrected chi connectivity index (χ4v) is 2.69. The van der Waals surface area contributed by atoms with E-state index in [1.807, 2.05) is 39.3 Å². The Hall–Kier alpha value is -2.01. The largest absolute Gasteiger partial charge is 0.467 e. The summed E-state index contributed by atoms with van der Waals surface area (Å²) < 4.78 is 5.35. The number of aliphatic hydroxyl groups is 1. The van der Waals surface area contributed by atoms with Crippen molar-refractivity contribution in [2.24, 2.45) is 0 Å². The van der Waals surface area contributed by atoms with E-state index < -0.39 is 6.10 Å². The zero-order valence-electron chi connectivity index (χ0n) is 12.5. The molecule has 0 saturated heterocycles. The summed E-state index contributed by atoms with van der Waals surface area (Å²) in [6.07, 6.45) is 1.18. The summed E-state index contributed by atoms with van der Waals surface area (Å²) in [7, 11) is 2.02. The van der Waals surface area contributed by atoms with Crippen molar-refractivity contribution in [3.05, 3.63) is 47.1 Å². The minimum Gasteiger partial charge on any atom is -0.467 e. The Morgan fingerprint density at radius 3 is 2.90 bits per heavy atom. The number of aliphatic hydroxyl groups excluding tert-OH is 1. The third-order valence-electron chi connectivity index (χ3n) is 3.76. The molecule has 107 valence electrons. The number of hydrogen-bond acceptors (Lipinski definition) is 4. The summed E-state index contributed by atoms with van der Waals surface area (Å²) >= 11 is 0. The van der Waals surface area contributed by atoms with E-state index in [2.05, 4.69) is 10.3 Å². The number of allylic oxidation sites excluding steroid dienone is 1. The van der Waals surface area contributed by atoms with Gasteiger partial charge in [0.15, 0.2) is 7.28 Å². The molecule has 0 aliphatic carbocycles. The molecule has 1 radical (unpaired) electrons. The van der Waals surface area contributed by atoms with Crippen LogP contribution >= 0.6 is 0 Å². The normalized spacial score (nSPS) is 14.9. The second-order valence-electron chi connectivity index (χ2n) is 5.41. The van der Waals surface area contributed by atoms with Gasteiger partial charge in [-0.1, -0.05) is 5.47 Å². The molecule has 1 aliphatic heterocycles. The van der Waals surface area contributed by atoms with Crippen LogP contribution in [0.4, 0.5) is 5.69 Å². The zero-order valence-corrected chi connectivity index (χ0v) is 12.5. The van der Waals surface area contributed by atoms with Crippen molar-refractivity contribution in [2.45, 2.75) is 33.4 Å². The summed E-state index contributed by atoms with van der Waals surface area (Å²) in [4.78, 5) is 4.61. The Labute approximate surface area is 125 Å². The first-order chi connectivity index (χ1) is 10.1. The average Bonchev–Trinajstić information content (AvgIpc) is 3.05. The maximum Gasteiger partial charge on any atom is 0.195 e. The lowest BCUT2D eigenvalue weighted by molar-refractivity contribution is 0.240. The Balaban J connectivity index is 1.91. The lowest BCUT2D eigenvalue weighted by atomic mass is 9.64. The number of pyridine rings is 1. The highest BCUT2D eigenvalue weighted by molar-refractivity contribution is 6.67. The number of anilines is 1. The van der Waals surface area contributed by atoms with E-state index in [1.54, 1.807) is 13.2 Å². The van der Waals surface area contributed by atoms with Crippen LogP contribution in [0.25, 0.3) is 5.57 Å². The van der Waals surface area contributed by atoms with E-state index in [0.29, 0.717) is 6.54 Å². The second kappa shape index (κ2) is 5.41. The van der Waals surface area contributed by atoms with Crippen LogP contribution in [0, 0.1) is 6.92 Å². The second-order valence-corrected chi connectivity index (χ2v) is 5.41. The minimum absolute atomic E-state index is 0.488. The minimum atomic E-state index is -0.488. The highest BCUT2D eigenvalue weighted by Gasteiger charge is 2.26. The average molecular weight is 281 g/mol. The van der Waals surface area contributed by atoms with Crippen molar-refractivity contribution >= 4 is 24.0 Å². The van der Waals surface area contributed by atoms with Crippen LogP contribution in [0.5, 0.6) is 0 Å².